The van der Waals surface area contributed by atoms with E-state index in [-0.39, 0.29) is 0 Å². The molecule has 5 heteroatoms. The van der Waals surface area contributed by atoms with Gasteiger partial charge in [0.25, 0.3) is 0 Å². The summed E-state index contributed by atoms with van der Waals surface area (Å²) in [5, 5.41) is 13.7. The van der Waals surface area contributed by atoms with Crippen molar-refractivity contribution in [3.63, 3.8) is 0 Å². The summed E-state index contributed by atoms with van der Waals surface area (Å²) in [6.07, 6.45) is 3.80. The number of carboxylic acids is 1. The van der Waals surface area contributed by atoms with Crippen LogP contribution in [0.1, 0.15) is 25.0 Å². The lowest BCUT2D eigenvalue weighted by Gasteiger charge is -2.35. The molecule has 2 aromatic heterocycles. The molecule has 2 heterocycles. The smallest absolute Gasteiger partial charge is 0.315 e. The molecular weight excluding hydrogens is 208 g/mol. The Balaban J connectivity index is 2.25. The van der Waals surface area contributed by atoms with Gasteiger partial charge < -0.3 is 9.52 Å². The zero-order valence-corrected chi connectivity index (χ0v) is 8.93. The average Bonchev–Trinajstić information content (AvgIpc) is 2.69. The second-order valence-corrected chi connectivity index (χ2v) is 4.35. The zero-order chi connectivity index (χ0) is 11.3. The van der Waals surface area contributed by atoms with Crippen molar-refractivity contribution < 1.29 is 14.3 Å². The first-order valence-electron chi connectivity index (χ1n) is 5.29. The number of aryl methyl sites for hydroxylation is 1. The lowest BCUT2D eigenvalue weighted by atomic mass is 9.66. The van der Waals surface area contributed by atoms with Crippen LogP contribution in [0.2, 0.25) is 0 Å². The summed E-state index contributed by atoms with van der Waals surface area (Å²) in [4.78, 5) is 11.4. The number of carbonyl (C=O) groups is 1. The van der Waals surface area contributed by atoms with E-state index in [2.05, 4.69) is 5.10 Å². The van der Waals surface area contributed by atoms with E-state index in [1.54, 1.807) is 24.1 Å². The molecule has 1 aliphatic carbocycles. The zero-order valence-electron chi connectivity index (χ0n) is 8.93. The van der Waals surface area contributed by atoms with Crippen LogP contribution in [-0.4, -0.2) is 20.9 Å². The van der Waals surface area contributed by atoms with Gasteiger partial charge in [-0.25, -0.2) is 0 Å². The van der Waals surface area contributed by atoms with Crippen molar-refractivity contribution in [1.82, 2.24) is 9.78 Å². The van der Waals surface area contributed by atoms with Gasteiger partial charge in [-0.1, -0.05) is 6.42 Å². The molecule has 0 unspecified atom stereocenters. The van der Waals surface area contributed by atoms with Crippen molar-refractivity contribution in [2.24, 2.45) is 7.05 Å². The van der Waals surface area contributed by atoms with Crippen LogP contribution in [0.3, 0.4) is 0 Å². The fraction of sp³-hybridized carbons (Fsp3) is 0.455. The number of hydrogen-bond donors (Lipinski definition) is 1. The Hall–Kier alpha value is -1.78. The fourth-order valence-corrected chi connectivity index (χ4v) is 2.38. The third-order valence-corrected chi connectivity index (χ3v) is 3.53. The molecule has 0 aromatic carbocycles. The van der Waals surface area contributed by atoms with E-state index in [0.29, 0.717) is 24.1 Å². The average molecular weight is 220 g/mol. The fourth-order valence-electron chi connectivity index (χ4n) is 2.38. The maximum Gasteiger partial charge on any atom is 0.315 e. The molecule has 16 heavy (non-hydrogen) atoms. The number of furan rings is 1. The number of fused-ring (bicyclic) bond motifs is 1. The van der Waals surface area contributed by atoms with Crippen molar-refractivity contribution in [3.8, 4) is 0 Å². The molecule has 1 fully saturated rings. The number of hydrogen-bond acceptors (Lipinski definition) is 3. The third kappa shape index (κ3) is 0.951. The summed E-state index contributed by atoms with van der Waals surface area (Å²) in [6.45, 7) is 0. The van der Waals surface area contributed by atoms with Gasteiger partial charge >= 0.3 is 5.97 Å². The molecule has 0 amide bonds. The van der Waals surface area contributed by atoms with E-state index >= 15 is 0 Å². The number of aliphatic carboxylic acids is 1. The van der Waals surface area contributed by atoms with Crippen LogP contribution in [0.15, 0.2) is 16.7 Å². The summed E-state index contributed by atoms with van der Waals surface area (Å²) < 4.78 is 7.03. The van der Waals surface area contributed by atoms with Crippen LogP contribution >= 0.6 is 0 Å². The van der Waals surface area contributed by atoms with E-state index in [9.17, 15) is 9.90 Å². The van der Waals surface area contributed by atoms with Crippen molar-refractivity contribution in [3.05, 3.63) is 18.0 Å². The van der Waals surface area contributed by atoms with Crippen LogP contribution in [-0.2, 0) is 17.3 Å². The monoisotopic (exact) mass is 220 g/mol. The first-order chi connectivity index (χ1) is 7.65. The van der Waals surface area contributed by atoms with E-state index < -0.39 is 11.4 Å². The van der Waals surface area contributed by atoms with E-state index in [1.807, 2.05) is 0 Å². The minimum Gasteiger partial charge on any atom is -0.481 e. The van der Waals surface area contributed by atoms with Crippen LogP contribution in [0.25, 0.3) is 11.1 Å². The predicted octanol–water partition coefficient (Wildman–Crippen LogP) is 1.67. The normalized spacial score (nSPS) is 18.6. The Bertz CT molecular complexity index is 563. The first kappa shape index (κ1) is 9.45. The molecule has 5 nitrogen and oxygen atoms in total. The van der Waals surface area contributed by atoms with Crippen molar-refractivity contribution >= 4 is 17.1 Å². The SMILES string of the molecule is Cn1nc(C2(C(=O)O)CCC2)c2occc21. The molecule has 3 rings (SSSR count). The maximum absolute atomic E-state index is 11.4. The molecule has 1 aliphatic rings. The molecule has 0 radical (unpaired) electrons. The van der Waals surface area contributed by atoms with Crippen molar-refractivity contribution in [2.75, 3.05) is 0 Å². The van der Waals surface area contributed by atoms with Crippen LogP contribution in [0, 0.1) is 0 Å². The largest absolute Gasteiger partial charge is 0.481 e. The minimum atomic E-state index is -0.822. The van der Waals surface area contributed by atoms with Crippen LogP contribution in [0.5, 0.6) is 0 Å². The lowest BCUT2D eigenvalue weighted by molar-refractivity contribution is -0.147. The van der Waals surface area contributed by atoms with E-state index in [0.717, 1.165) is 11.9 Å². The second kappa shape index (κ2) is 2.87. The summed E-state index contributed by atoms with van der Waals surface area (Å²) >= 11 is 0. The van der Waals surface area contributed by atoms with Crippen molar-refractivity contribution in [1.29, 1.82) is 0 Å². The standard InChI is InChI=1S/C11H12N2O3/c1-13-7-3-6-16-8(7)9(12-13)11(10(14)15)4-2-5-11/h3,6H,2,4-5H2,1H3,(H,14,15). The van der Waals surface area contributed by atoms with Gasteiger partial charge in [-0.2, -0.15) is 5.10 Å². The molecule has 1 N–H and O–H groups in total. The summed E-state index contributed by atoms with van der Waals surface area (Å²) in [7, 11) is 1.80. The van der Waals surface area contributed by atoms with Crippen molar-refractivity contribution in [2.45, 2.75) is 24.7 Å². The lowest BCUT2D eigenvalue weighted by Crippen LogP contribution is -2.42. The Morgan fingerprint density at radius 1 is 1.62 bits per heavy atom. The Morgan fingerprint density at radius 3 is 2.94 bits per heavy atom. The van der Waals surface area contributed by atoms with Gasteiger partial charge in [0.1, 0.15) is 16.6 Å². The first-order valence-corrected chi connectivity index (χ1v) is 5.29. The molecule has 84 valence electrons. The van der Waals surface area contributed by atoms with Gasteiger partial charge in [0.2, 0.25) is 0 Å². The maximum atomic E-state index is 11.4. The topological polar surface area (TPSA) is 68.3 Å². The van der Waals surface area contributed by atoms with Gasteiger partial charge in [0, 0.05) is 13.1 Å². The highest BCUT2D eigenvalue weighted by atomic mass is 16.4. The molecule has 0 spiro atoms. The van der Waals surface area contributed by atoms with Crippen LogP contribution < -0.4 is 0 Å². The van der Waals surface area contributed by atoms with Gasteiger partial charge in [0.05, 0.1) is 6.26 Å². The molecule has 1 saturated carbocycles. The van der Waals surface area contributed by atoms with E-state index in [1.165, 1.54) is 0 Å². The number of nitrogens with zero attached hydrogens (tertiary/aromatic N) is 2. The summed E-state index contributed by atoms with van der Waals surface area (Å²) in [5.74, 6) is -0.796. The van der Waals surface area contributed by atoms with Gasteiger partial charge in [-0.15, -0.1) is 0 Å². The highest BCUT2D eigenvalue weighted by Crippen LogP contribution is 2.45. The molecule has 0 bridgehead atoms. The summed E-state index contributed by atoms with van der Waals surface area (Å²) in [5.41, 5.74) is 1.22. The minimum absolute atomic E-state index is 0.578. The molecule has 0 atom stereocenters. The Kier molecular flexibility index (Phi) is 1.70. The highest BCUT2D eigenvalue weighted by Gasteiger charge is 2.50. The highest BCUT2D eigenvalue weighted by molar-refractivity contribution is 5.88. The molecule has 0 aliphatic heterocycles. The summed E-state index contributed by atoms with van der Waals surface area (Å²) in [6, 6.07) is 1.81. The number of aromatic nitrogens is 2. The molecular formula is C11H12N2O3. The number of rotatable bonds is 2. The predicted molar refractivity (Wildman–Crippen MR) is 56.1 cm³/mol. The quantitative estimate of drug-likeness (QED) is 0.835. The number of carboxylic acid groups (broad SMARTS) is 1. The molecule has 0 saturated heterocycles. The van der Waals surface area contributed by atoms with Gasteiger partial charge in [-0.3, -0.25) is 9.48 Å². The van der Waals surface area contributed by atoms with Crippen LogP contribution in [0.4, 0.5) is 0 Å². The third-order valence-electron chi connectivity index (χ3n) is 3.53. The van der Waals surface area contributed by atoms with Gasteiger partial charge in [-0.05, 0) is 12.8 Å². The molecule has 2 aromatic rings. The van der Waals surface area contributed by atoms with E-state index in [4.69, 9.17) is 4.42 Å². The Labute approximate surface area is 91.7 Å². The van der Waals surface area contributed by atoms with Gasteiger partial charge in [0.15, 0.2) is 5.58 Å². The Morgan fingerprint density at radius 2 is 2.38 bits per heavy atom. The second-order valence-electron chi connectivity index (χ2n) is 4.35.